The maximum Gasteiger partial charge on any atom is 0.410 e. The standard InChI is InChI=1S/C28H33NO5S2/c1-27(2,3)34-26(31)29(4)20-12-14-21(15-13-20)33-25(30)28(32,23-11-8-18-35-23)24-17-16-22(36-24)19-9-6-5-7-10-19/h5-11,16-18,20-21,32H,12-15H2,1-4H3/t20?,21?,28-/m0/s1. The van der Waals surface area contributed by atoms with Crippen molar-refractivity contribution < 1.29 is 24.2 Å². The number of carbonyl (C=O) groups is 2. The average molecular weight is 528 g/mol. The maximum absolute atomic E-state index is 13.5. The summed E-state index contributed by atoms with van der Waals surface area (Å²) in [6, 6.07) is 17.2. The summed E-state index contributed by atoms with van der Waals surface area (Å²) in [7, 11) is 1.75. The number of esters is 1. The van der Waals surface area contributed by atoms with E-state index in [0.717, 1.165) is 10.4 Å². The van der Waals surface area contributed by atoms with Crippen LogP contribution in [0.4, 0.5) is 4.79 Å². The minimum atomic E-state index is -1.87. The first-order valence-corrected chi connectivity index (χ1v) is 13.9. The Morgan fingerprint density at radius 2 is 1.64 bits per heavy atom. The summed E-state index contributed by atoms with van der Waals surface area (Å²) in [6.45, 7) is 5.54. The second kappa shape index (κ2) is 10.7. The highest BCUT2D eigenvalue weighted by molar-refractivity contribution is 7.16. The number of rotatable bonds is 6. The van der Waals surface area contributed by atoms with Crippen molar-refractivity contribution in [3.05, 3.63) is 69.7 Å². The molecule has 0 bridgehead atoms. The molecule has 0 aliphatic heterocycles. The van der Waals surface area contributed by atoms with Crippen LogP contribution >= 0.6 is 22.7 Å². The van der Waals surface area contributed by atoms with Crippen molar-refractivity contribution in [2.75, 3.05) is 7.05 Å². The second-order valence-corrected chi connectivity index (χ2v) is 12.2. The van der Waals surface area contributed by atoms with Gasteiger partial charge in [0, 0.05) is 18.0 Å². The topological polar surface area (TPSA) is 76.1 Å². The summed E-state index contributed by atoms with van der Waals surface area (Å²) in [4.78, 5) is 29.6. The summed E-state index contributed by atoms with van der Waals surface area (Å²) in [5.74, 6) is -0.657. The fourth-order valence-electron chi connectivity index (χ4n) is 4.37. The Kier molecular flexibility index (Phi) is 7.87. The van der Waals surface area contributed by atoms with E-state index in [9.17, 15) is 14.7 Å². The number of ether oxygens (including phenoxy) is 2. The molecule has 2 aromatic heterocycles. The van der Waals surface area contributed by atoms with Crippen LogP contribution in [0.2, 0.25) is 0 Å². The van der Waals surface area contributed by atoms with Gasteiger partial charge in [-0.2, -0.15) is 0 Å². The summed E-state index contributed by atoms with van der Waals surface area (Å²) in [6.07, 6.45) is 1.96. The van der Waals surface area contributed by atoms with E-state index in [0.29, 0.717) is 35.4 Å². The molecule has 1 aliphatic carbocycles. The summed E-state index contributed by atoms with van der Waals surface area (Å²) in [5, 5.41) is 13.6. The molecule has 4 rings (SSSR count). The Hall–Kier alpha value is -2.68. The van der Waals surface area contributed by atoms with Gasteiger partial charge < -0.3 is 19.5 Å². The molecule has 6 nitrogen and oxygen atoms in total. The molecule has 0 saturated heterocycles. The molecule has 8 heteroatoms. The van der Waals surface area contributed by atoms with E-state index in [2.05, 4.69) is 0 Å². The summed E-state index contributed by atoms with van der Waals surface area (Å²) >= 11 is 2.72. The highest BCUT2D eigenvalue weighted by Crippen LogP contribution is 2.41. The number of thiophene rings is 2. The van der Waals surface area contributed by atoms with Crippen molar-refractivity contribution in [3.63, 3.8) is 0 Å². The number of nitrogens with zero attached hydrogens (tertiary/aromatic N) is 1. The first-order valence-electron chi connectivity index (χ1n) is 12.2. The quantitative estimate of drug-likeness (QED) is 0.374. The van der Waals surface area contributed by atoms with Crippen LogP contribution in [0.25, 0.3) is 10.4 Å². The monoisotopic (exact) mass is 527 g/mol. The molecule has 1 fully saturated rings. The van der Waals surface area contributed by atoms with Crippen molar-refractivity contribution in [1.82, 2.24) is 4.90 Å². The predicted octanol–water partition coefficient (Wildman–Crippen LogP) is 6.43. The molecule has 1 N–H and O–H groups in total. The molecular weight excluding hydrogens is 494 g/mol. The van der Waals surface area contributed by atoms with Gasteiger partial charge in [0.25, 0.3) is 0 Å². The summed E-state index contributed by atoms with van der Waals surface area (Å²) < 4.78 is 11.4. The second-order valence-electron chi connectivity index (χ2n) is 10.1. The molecule has 1 atom stereocenters. The van der Waals surface area contributed by atoms with E-state index in [-0.39, 0.29) is 18.2 Å². The fourth-order valence-corrected chi connectivity index (χ4v) is 6.36. The lowest BCUT2D eigenvalue weighted by Gasteiger charge is -2.36. The molecule has 2 heterocycles. The molecule has 36 heavy (non-hydrogen) atoms. The van der Waals surface area contributed by atoms with Gasteiger partial charge in [0.1, 0.15) is 11.7 Å². The van der Waals surface area contributed by atoms with E-state index >= 15 is 0 Å². The van der Waals surface area contributed by atoms with Crippen LogP contribution in [0.1, 0.15) is 56.2 Å². The van der Waals surface area contributed by atoms with Gasteiger partial charge in [-0.05, 0) is 75.6 Å². The Morgan fingerprint density at radius 3 is 2.25 bits per heavy atom. The Labute approximate surface area is 220 Å². The first-order chi connectivity index (χ1) is 17.1. The normalized spacial score (nSPS) is 19.8. The third-order valence-electron chi connectivity index (χ3n) is 6.34. The zero-order valence-corrected chi connectivity index (χ0v) is 22.7. The van der Waals surface area contributed by atoms with Crippen LogP contribution in [0.15, 0.2) is 60.0 Å². The van der Waals surface area contributed by atoms with Gasteiger partial charge in [0.2, 0.25) is 5.60 Å². The van der Waals surface area contributed by atoms with Crippen LogP contribution in [-0.2, 0) is 19.9 Å². The van der Waals surface area contributed by atoms with Crippen molar-refractivity contribution in [1.29, 1.82) is 0 Å². The van der Waals surface area contributed by atoms with Crippen molar-refractivity contribution in [3.8, 4) is 10.4 Å². The van der Waals surface area contributed by atoms with Crippen LogP contribution in [0.5, 0.6) is 0 Å². The van der Waals surface area contributed by atoms with Gasteiger partial charge in [-0.25, -0.2) is 9.59 Å². The van der Waals surface area contributed by atoms with Crippen molar-refractivity contribution in [2.24, 2.45) is 0 Å². The van der Waals surface area contributed by atoms with Crippen LogP contribution in [0.3, 0.4) is 0 Å². The third-order valence-corrected chi connectivity index (χ3v) is 8.56. The van der Waals surface area contributed by atoms with Gasteiger partial charge in [-0.1, -0.05) is 36.4 Å². The van der Waals surface area contributed by atoms with Crippen LogP contribution in [0, 0.1) is 0 Å². The zero-order valence-electron chi connectivity index (χ0n) is 21.1. The Balaban J connectivity index is 1.45. The van der Waals surface area contributed by atoms with Gasteiger partial charge in [-0.15, -0.1) is 22.7 Å². The minimum Gasteiger partial charge on any atom is -0.460 e. The van der Waals surface area contributed by atoms with E-state index in [1.165, 1.54) is 22.7 Å². The molecule has 1 aliphatic rings. The smallest absolute Gasteiger partial charge is 0.410 e. The number of benzene rings is 1. The Bertz CT molecular complexity index is 1160. The summed E-state index contributed by atoms with van der Waals surface area (Å²) in [5.41, 5.74) is -1.38. The van der Waals surface area contributed by atoms with Crippen LogP contribution in [-0.4, -0.2) is 46.9 Å². The van der Waals surface area contributed by atoms with E-state index in [1.54, 1.807) is 24.1 Å². The molecule has 3 aromatic rings. The number of aliphatic hydroxyl groups is 1. The maximum atomic E-state index is 13.5. The molecule has 1 aromatic carbocycles. The average Bonchev–Trinajstić information content (AvgIpc) is 3.56. The SMILES string of the molecule is CN(C(=O)OC(C)(C)C)C1CCC(OC(=O)[C@](O)(c2cccs2)c2ccc(-c3ccccc3)s2)CC1. The van der Waals surface area contributed by atoms with Crippen molar-refractivity contribution >= 4 is 34.7 Å². The fraction of sp³-hybridized carbons (Fsp3) is 0.429. The molecule has 1 saturated carbocycles. The molecule has 1 amide bonds. The number of hydrogen-bond donors (Lipinski definition) is 1. The predicted molar refractivity (Wildman–Crippen MR) is 143 cm³/mol. The van der Waals surface area contributed by atoms with Gasteiger partial charge >= 0.3 is 12.1 Å². The number of hydrogen-bond acceptors (Lipinski definition) is 7. The molecule has 0 spiro atoms. The number of amides is 1. The Morgan fingerprint density at radius 1 is 0.944 bits per heavy atom. The third kappa shape index (κ3) is 5.82. The van der Waals surface area contributed by atoms with Crippen LogP contribution < -0.4 is 0 Å². The van der Waals surface area contributed by atoms with E-state index < -0.39 is 17.2 Å². The lowest BCUT2D eigenvalue weighted by atomic mass is 9.91. The molecular formula is C28H33NO5S2. The van der Waals surface area contributed by atoms with Gasteiger partial charge in [0.05, 0.1) is 9.75 Å². The van der Waals surface area contributed by atoms with Gasteiger partial charge in [0.15, 0.2) is 0 Å². The highest BCUT2D eigenvalue weighted by Gasteiger charge is 2.45. The number of carbonyl (C=O) groups excluding carboxylic acids is 2. The molecule has 0 radical (unpaired) electrons. The van der Waals surface area contributed by atoms with Gasteiger partial charge in [-0.3, -0.25) is 0 Å². The lowest BCUT2D eigenvalue weighted by molar-refractivity contribution is -0.169. The molecule has 192 valence electrons. The minimum absolute atomic E-state index is 0.0247. The molecule has 0 unspecified atom stereocenters. The lowest BCUT2D eigenvalue weighted by Crippen LogP contribution is -2.44. The highest BCUT2D eigenvalue weighted by atomic mass is 32.1. The van der Waals surface area contributed by atoms with E-state index in [4.69, 9.17) is 9.47 Å². The largest absolute Gasteiger partial charge is 0.460 e. The van der Waals surface area contributed by atoms with Crippen molar-refractivity contribution in [2.45, 2.75) is 69.8 Å². The zero-order chi connectivity index (χ0) is 25.9. The van der Waals surface area contributed by atoms with E-state index in [1.807, 2.05) is 68.6 Å². The first kappa shape index (κ1) is 26.4.